The number of hydrogen-bond donors (Lipinski definition) is 1. The van der Waals surface area contributed by atoms with E-state index < -0.39 is 0 Å². The molecule has 0 atom stereocenters. The molecule has 0 saturated carbocycles. The van der Waals surface area contributed by atoms with E-state index >= 15 is 0 Å². The summed E-state index contributed by atoms with van der Waals surface area (Å²) in [6, 6.07) is 0. The van der Waals surface area contributed by atoms with Crippen molar-refractivity contribution in [3.8, 4) is 0 Å². The van der Waals surface area contributed by atoms with Crippen LogP contribution in [0, 0.1) is 5.92 Å². The van der Waals surface area contributed by atoms with Crippen molar-refractivity contribution < 1.29 is 4.74 Å². The first-order valence-electron chi connectivity index (χ1n) is 5.48. The Hall–Kier alpha value is 0.270. The molecule has 1 aliphatic heterocycles. The maximum absolute atomic E-state index is 5.34. The summed E-state index contributed by atoms with van der Waals surface area (Å²) in [5.74, 6) is 0.835. The zero-order valence-electron chi connectivity index (χ0n) is 9.64. The van der Waals surface area contributed by atoms with Crippen LogP contribution in [0.5, 0.6) is 0 Å². The van der Waals surface area contributed by atoms with Gasteiger partial charge in [0.1, 0.15) is 0 Å². The molecular formula is C11H23NOS. The van der Waals surface area contributed by atoms with Crippen LogP contribution in [0.2, 0.25) is 0 Å². The van der Waals surface area contributed by atoms with Gasteiger partial charge in [-0.3, -0.25) is 0 Å². The number of ether oxygens (including phenoxy) is 1. The quantitative estimate of drug-likeness (QED) is 0.762. The third kappa shape index (κ3) is 4.67. The molecule has 14 heavy (non-hydrogen) atoms. The van der Waals surface area contributed by atoms with Crippen LogP contribution in [-0.2, 0) is 4.74 Å². The smallest absolute Gasteiger partial charge is 0.0469 e. The van der Waals surface area contributed by atoms with Gasteiger partial charge >= 0.3 is 0 Å². The lowest BCUT2D eigenvalue weighted by atomic mass is 10.0. The topological polar surface area (TPSA) is 21.3 Å². The summed E-state index contributed by atoms with van der Waals surface area (Å²) in [6.07, 6.45) is 4.63. The van der Waals surface area contributed by atoms with Crippen LogP contribution in [0.4, 0.5) is 0 Å². The first-order valence-corrected chi connectivity index (χ1v) is 6.70. The Balaban J connectivity index is 2.08. The average Bonchev–Trinajstić information content (AvgIpc) is 2.19. The third-order valence-electron chi connectivity index (χ3n) is 2.88. The van der Waals surface area contributed by atoms with E-state index in [1.165, 1.54) is 12.8 Å². The summed E-state index contributed by atoms with van der Waals surface area (Å²) in [7, 11) is 0. The lowest BCUT2D eigenvalue weighted by Crippen LogP contribution is -2.36. The van der Waals surface area contributed by atoms with Crippen molar-refractivity contribution in [2.45, 2.75) is 31.4 Å². The van der Waals surface area contributed by atoms with Crippen LogP contribution >= 0.6 is 11.8 Å². The summed E-state index contributed by atoms with van der Waals surface area (Å²) < 4.78 is 5.70. The molecule has 0 unspecified atom stereocenters. The molecule has 0 spiro atoms. The Morgan fingerprint density at radius 3 is 2.57 bits per heavy atom. The molecule has 0 radical (unpaired) electrons. The highest BCUT2D eigenvalue weighted by molar-refractivity contribution is 7.99. The minimum Gasteiger partial charge on any atom is -0.381 e. The van der Waals surface area contributed by atoms with Crippen LogP contribution in [-0.4, -0.2) is 37.3 Å². The van der Waals surface area contributed by atoms with E-state index in [0.29, 0.717) is 4.75 Å². The van der Waals surface area contributed by atoms with Gasteiger partial charge in [-0.15, -0.1) is 0 Å². The second-order valence-electron chi connectivity index (χ2n) is 4.65. The van der Waals surface area contributed by atoms with E-state index in [9.17, 15) is 0 Å². The summed E-state index contributed by atoms with van der Waals surface area (Å²) in [5.41, 5.74) is 0. The van der Waals surface area contributed by atoms with Gasteiger partial charge in [-0.25, -0.2) is 0 Å². The lowest BCUT2D eigenvalue weighted by Gasteiger charge is -2.26. The molecule has 0 aromatic heterocycles. The molecule has 84 valence electrons. The molecule has 0 amide bonds. The van der Waals surface area contributed by atoms with Crippen LogP contribution < -0.4 is 5.32 Å². The van der Waals surface area contributed by atoms with Crippen molar-refractivity contribution in [2.24, 2.45) is 5.92 Å². The number of nitrogens with one attached hydrogen (secondary N) is 1. The van der Waals surface area contributed by atoms with Crippen LogP contribution in [0.15, 0.2) is 0 Å². The molecule has 1 fully saturated rings. The second-order valence-corrected chi connectivity index (χ2v) is 6.16. The fourth-order valence-corrected chi connectivity index (χ4v) is 1.85. The van der Waals surface area contributed by atoms with Crippen molar-refractivity contribution >= 4 is 11.8 Å². The molecule has 0 aromatic carbocycles. The van der Waals surface area contributed by atoms with Crippen LogP contribution in [0.3, 0.4) is 0 Å². The van der Waals surface area contributed by atoms with Crippen LogP contribution in [0.1, 0.15) is 26.7 Å². The highest BCUT2D eigenvalue weighted by Crippen LogP contribution is 2.20. The molecule has 3 heteroatoms. The van der Waals surface area contributed by atoms with Crippen molar-refractivity contribution in [2.75, 3.05) is 32.6 Å². The Kier molecular flexibility index (Phi) is 5.28. The zero-order valence-corrected chi connectivity index (χ0v) is 10.5. The molecular weight excluding hydrogens is 194 g/mol. The Morgan fingerprint density at radius 1 is 1.36 bits per heavy atom. The predicted molar refractivity (Wildman–Crippen MR) is 64.0 cm³/mol. The highest BCUT2D eigenvalue weighted by atomic mass is 32.2. The molecule has 1 rings (SSSR count). The predicted octanol–water partition coefficient (Wildman–Crippen LogP) is 2.14. The zero-order chi connectivity index (χ0) is 10.4. The molecule has 2 nitrogen and oxygen atoms in total. The molecule has 0 bridgehead atoms. The monoisotopic (exact) mass is 217 g/mol. The maximum atomic E-state index is 5.34. The molecule has 0 aromatic rings. The summed E-state index contributed by atoms with van der Waals surface area (Å²) in [5, 5.41) is 3.57. The Bertz CT molecular complexity index is 155. The van der Waals surface area contributed by atoms with E-state index in [1.54, 1.807) is 0 Å². The lowest BCUT2D eigenvalue weighted by molar-refractivity contribution is 0.0662. The van der Waals surface area contributed by atoms with Gasteiger partial charge < -0.3 is 10.1 Å². The normalized spacial score (nSPS) is 19.9. The van der Waals surface area contributed by atoms with E-state index in [0.717, 1.165) is 32.2 Å². The summed E-state index contributed by atoms with van der Waals surface area (Å²) in [6.45, 7) is 8.75. The minimum atomic E-state index is 0.366. The van der Waals surface area contributed by atoms with Gasteiger partial charge in [-0.1, -0.05) is 0 Å². The average molecular weight is 217 g/mol. The molecule has 1 saturated heterocycles. The standard InChI is InChI=1S/C11H23NOS/c1-11(2,14-3)9-12-8-10-4-6-13-7-5-10/h10,12H,4-9H2,1-3H3. The highest BCUT2D eigenvalue weighted by Gasteiger charge is 2.17. The molecule has 1 N–H and O–H groups in total. The number of hydrogen-bond acceptors (Lipinski definition) is 3. The van der Waals surface area contributed by atoms with E-state index in [2.05, 4.69) is 25.4 Å². The third-order valence-corrected chi connectivity index (χ3v) is 4.13. The van der Waals surface area contributed by atoms with Gasteiger partial charge in [-0.2, -0.15) is 11.8 Å². The Morgan fingerprint density at radius 2 is 2.00 bits per heavy atom. The largest absolute Gasteiger partial charge is 0.381 e. The van der Waals surface area contributed by atoms with Crippen molar-refractivity contribution in [1.29, 1.82) is 0 Å². The van der Waals surface area contributed by atoms with Crippen molar-refractivity contribution in [3.63, 3.8) is 0 Å². The van der Waals surface area contributed by atoms with Crippen LogP contribution in [0.25, 0.3) is 0 Å². The van der Waals surface area contributed by atoms with Gasteiger partial charge in [0.05, 0.1) is 0 Å². The van der Waals surface area contributed by atoms with E-state index in [1.807, 2.05) is 11.8 Å². The van der Waals surface area contributed by atoms with Gasteiger partial charge in [0, 0.05) is 24.5 Å². The number of thioether (sulfide) groups is 1. The molecule has 0 aliphatic carbocycles. The van der Waals surface area contributed by atoms with Crippen molar-refractivity contribution in [1.82, 2.24) is 5.32 Å². The SMILES string of the molecule is CSC(C)(C)CNCC1CCOCC1. The summed E-state index contributed by atoms with van der Waals surface area (Å²) >= 11 is 1.93. The summed E-state index contributed by atoms with van der Waals surface area (Å²) in [4.78, 5) is 0. The maximum Gasteiger partial charge on any atom is 0.0469 e. The van der Waals surface area contributed by atoms with Gasteiger partial charge in [0.25, 0.3) is 0 Å². The first kappa shape index (κ1) is 12.3. The first-order chi connectivity index (χ1) is 6.64. The van der Waals surface area contributed by atoms with Gasteiger partial charge in [0.2, 0.25) is 0 Å². The molecule has 1 aliphatic rings. The van der Waals surface area contributed by atoms with Crippen molar-refractivity contribution in [3.05, 3.63) is 0 Å². The van der Waals surface area contributed by atoms with Gasteiger partial charge in [0.15, 0.2) is 0 Å². The van der Waals surface area contributed by atoms with E-state index in [-0.39, 0.29) is 0 Å². The van der Waals surface area contributed by atoms with Gasteiger partial charge in [-0.05, 0) is 45.4 Å². The minimum absolute atomic E-state index is 0.366. The number of rotatable bonds is 5. The second kappa shape index (κ2) is 5.99. The fraction of sp³-hybridized carbons (Fsp3) is 1.00. The van der Waals surface area contributed by atoms with E-state index in [4.69, 9.17) is 4.74 Å². The fourth-order valence-electron chi connectivity index (χ4n) is 1.60. The Labute approximate surface area is 92.2 Å². The molecule has 1 heterocycles.